The first kappa shape index (κ1) is 11.3. The van der Waals surface area contributed by atoms with Crippen LogP contribution in [0.3, 0.4) is 0 Å². The summed E-state index contributed by atoms with van der Waals surface area (Å²) in [7, 11) is 0. The molecule has 0 spiro atoms. The van der Waals surface area contributed by atoms with E-state index >= 15 is 0 Å². The van der Waals surface area contributed by atoms with Crippen LogP contribution in [0.5, 0.6) is 0 Å². The normalized spacial score (nSPS) is 13.7. The predicted octanol–water partition coefficient (Wildman–Crippen LogP) is 3.59. The molecular weight excluding hydrogens is 196 g/mol. The minimum Gasteiger partial charge on any atom is -0.388 e. The van der Waals surface area contributed by atoms with E-state index in [0.717, 1.165) is 5.56 Å². The van der Waals surface area contributed by atoms with Crippen molar-refractivity contribution in [3.63, 3.8) is 0 Å². The van der Waals surface area contributed by atoms with Crippen molar-refractivity contribution in [2.75, 3.05) is 0 Å². The highest BCUT2D eigenvalue weighted by Crippen LogP contribution is 2.34. The molecule has 2 heteroatoms. The van der Waals surface area contributed by atoms with E-state index in [9.17, 15) is 5.11 Å². The topological polar surface area (TPSA) is 20.2 Å². The molecule has 0 aromatic heterocycles. The van der Waals surface area contributed by atoms with Crippen LogP contribution in [0.15, 0.2) is 36.9 Å². The first-order valence-corrected chi connectivity index (χ1v) is 4.92. The number of aliphatic hydroxyl groups excluding tert-OH is 1. The van der Waals surface area contributed by atoms with Crippen LogP contribution in [0.1, 0.15) is 25.5 Å². The van der Waals surface area contributed by atoms with Crippen LogP contribution >= 0.6 is 11.6 Å². The number of hydrogen-bond acceptors (Lipinski definition) is 1. The monoisotopic (exact) mass is 210 g/mol. The van der Waals surface area contributed by atoms with Crippen LogP contribution in [0.4, 0.5) is 0 Å². The molecule has 1 rings (SSSR count). The molecule has 0 amide bonds. The lowest BCUT2D eigenvalue weighted by molar-refractivity contribution is 0.0822. The van der Waals surface area contributed by atoms with E-state index in [2.05, 4.69) is 6.58 Å². The lowest BCUT2D eigenvalue weighted by atomic mass is 9.83. The lowest BCUT2D eigenvalue weighted by Gasteiger charge is -2.27. The fourth-order valence-corrected chi connectivity index (χ4v) is 1.31. The van der Waals surface area contributed by atoms with Crippen molar-refractivity contribution in [2.45, 2.75) is 20.0 Å². The van der Waals surface area contributed by atoms with Gasteiger partial charge in [-0.1, -0.05) is 43.7 Å². The maximum absolute atomic E-state index is 10.0. The predicted molar refractivity (Wildman–Crippen MR) is 60.4 cm³/mol. The third kappa shape index (κ3) is 2.37. The number of rotatable bonds is 3. The van der Waals surface area contributed by atoms with Gasteiger partial charge in [0, 0.05) is 10.4 Å². The smallest absolute Gasteiger partial charge is 0.0875 e. The molecule has 1 aromatic carbocycles. The quantitative estimate of drug-likeness (QED) is 0.757. The van der Waals surface area contributed by atoms with E-state index in [1.165, 1.54) is 0 Å². The second kappa shape index (κ2) is 4.16. The van der Waals surface area contributed by atoms with Gasteiger partial charge in [-0.05, 0) is 17.7 Å². The Morgan fingerprint density at radius 2 is 1.86 bits per heavy atom. The fourth-order valence-electron chi connectivity index (χ4n) is 1.19. The summed E-state index contributed by atoms with van der Waals surface area (Å²) in [6.07, 6.45) is 1.21. The molecule has 1 aromatic rings. The Labute approximate surface area is 90.0 Å². The minimum absolute atomic E-state index is 0.326. The van der Waals surface area contributed by atoms with Gasteiger partial charge in [-0.25, -0.2) is 0 Å². The zero-order valence-corrected chi connectivity index (χ0v) is 9.25. The van der Waals surface area contributed by atoms with Crippen molar-refractivity contribution >= 4 is 11.6 Å². The van der Waals surface area contributed by atoms with Gasteiger partial charge >= 0.3 is 0 Å². The zero-order chi connectivity index (χ0) is 10.8. The second-order valence-electron chi connectivity index (χ2n) is 3.98. The Kier molecular flexibility index (Phi) is 3.35. The Morgan fingerprint density at radius 1 is 1.36 bits per heavy atom. The SMILES string of the molecule is C=CC(C)(C)C(O)c1ccc(Cl)cc1. The third-order valence-electron chi connectivity index (χ3n) is 2.42. The fraction of sp³-hybridized carbons (Fsp3) is 0.333. The van der Waals surface area contributed by atoms with Crippen LogP contribution in [-0.2, 0) is 0 Å². The summed E-state index contributed by atoms with van der Waals surface area (Å²) < 4.78 is 0. The van der Waals surface area contributed by atoms with Gasteiger partial charge in [-0.3, -0.25) is 0 Å². The largest absolute Gasteiger partial charge is 0.388 e. The summed E-state index contributed by atoms with van der Waals surface area (Å²) in [5.41, 5.74) is 0.535. The second-order valence-corrected chi connectivity index (χ2v) is 4.42. The van der Waals surface area contributed by atoms with E-state index in [1.54, 1.807) is 18.2 Å². The average Bonchev–Trinajstić information content (AvgIpc) is 2.18. The van der Waals surface area contributed by atoms with Gasteiger partial charge in [0.2, 0.25) is 0 Å². The van der Waals surface area contributed by atoms with Crippen molar-refractivity contribution in [3.05, 3.63) is 47.5 Å². The minimum atomic E-state index is -0.544. The van der Waals surface area contributed by atoms with Gasteiger partial charge in [-0.2, -0.15) is 0 Å². The molecule has 0 aliphatic rings. The summed E-state index contributed by atoms with van der Waals surface area (Å²) in [5, 5.41) is 10.7. The molecule has 0 aliphatic heterocycles. The van der Waals surface area contributed by atoms with E-state index in [-0.39, 0.29) is 5.41 Å². The first-order chi connectivity index (χ1) is 6.47. The highest BCUT2D eigenvalue weighted by atomic mass is 35.5. The first-order valence-electron chi connectivity index (χ1n) is 4.54. The molecule has 14 heavy (non-hydrogen) atoms. The Bertz CT molecular complexity index is 314. The van der Waals surface area contributed by atoms with Gasteiger partial charge in [0.1, 0.15) is 0 Å². The standard InChI is InChI=1S/C12H15ClO/c1-4-12(2,3)11(14)9-5-7-10(13)8-6-9/h4-8,11,14H,1H2,2-3H3. The highest BCUT2D eigenvalue weighted by molar-refractivity contribution is 6.30. The van der Waals surface area contributed by atoms with Gasteiger partial charge in [-0.15, -0.1) is 6.58 Å². The molecule has 0 heterocycles. The summed E-state index contributed by atoms with van der Waals surface area (Å²) in [6, 6.07) is 7.22. The van der Waals surface area contributed by atoms with Gasteiger partial charge in [0.05, 0.1) is 6.10 Å². The van der Waals surface area contributed by atoms with Crippen molar-refractivity contribution in [1.82, 2.24) is 0 Å². The maximum Gasteiger partial charge on any atom is 0.0875 e. The van der Waals surface area contributed by atoms with Gasteiger partial charge in [0.15, 0.2) is 0 Å². The Morgan fingerprint density at radius 3 is 2.29 bits per heavy atom. The lowest BCUT2D eigenvalue weighted by Crippen LogP contribution is -2.18. The van der Waals surface area contributed by atoms with Crippen LogP contribution < -0.4 is 0 Å². The molecule has 1 atom stereocenters. The van der Waals surface area contributed by atoms with E-state index in [0.29, 0.717) is 5.02 Å². The van der Waals surface area contributed by atoms with Crippen molar-refractivity contribution in [1.29, 1.82) is 0 Å². The van der Waals surface area contributed by atoms with Crippen LogP contribution in [-0.4, -0.2) is 5.11 Å². The average molecular weight is 211 g/mol. The number of aliphatic hydroxyl groups is 1. The van der Waals surface area contributed by atoms with Crippen LogP contribution in [0, 0.1) is 5.41 Å². The van der Waals surface area contributed by atoms with Gasteiger partial charge in [0.25, 0.3) is 0 Å². The van der Waals surface area contributed by atoms with Crippen LogP contribution in [0.2, 0.25) is 5.02 Å². The van der Waals surface area contributed by atoms with Gasteiger partial charge < -0.3 is 5.11 Å². The van der Waals surface area contributed by atoms with E-state index in [1.807, 2.05) is 26.0 Å². The number of halogens is 1. The highest BCUT2D eigenvalue weighted by Gasteiger charge is 2.25. The zero-order valence-electron chi connectivity index (χ0n) is 8.50. The molecule has 0 bridgehead atoms. The summed E-state index contributed by atoms with van der Waals surface area (Å²) in [6.45, 7) is 7.60. The molecule has 0 aliphatic carbocycles. The van der Waals surface area contributed by atoms with E-state index < -0.39 is 6.10 Å². The molecule has 0 radical (unpaired) electrons. The molecule has 1 unspecified atom stereocenters. The number of benzene rings is 1. The molecule has 1 nitrogen and oxygen atoms in total. The van der Waals surface area contributed by atoms with Crippen molar-refractivity contribution in [3.8, 4) is 0 Å². The molecule has 0 saturated heterocycles. The molecule has 0 saturated carbocycles. The van der Waals surface area contributed by atoms with Crippen molar-refractivity contribution < 1.29 is 5.11 Å². The molecule has 76 valence electrons. The summed E-state index contributed by atoms with van der Waals surface area (Å²) in [4.78, 5) is 0. The molecule has 0 fully saturated rings. The van der Waals surface area contributed by atoms with Crippen molar-refractivity contribution in [2.24, 2.45) is 5.41 Å². The third-order valence-corrected chi connectivity index (χ3v) is 2.67. The number of hydrogen-bond donors (Lipinski definition) is 1. The summed E-state index contributed by atoms with van der Waals surface area (Å²) in [5.74, 6) is 0. The van der Waals surface area contributed by atoms with Crippen LogP contribution in [0.25, 0.3) is 0 Å². The maximum atomic E-state index is 10.0. The van der Waals surface area contributed by atoms with E-state index in [4.69, 9.17) is 11.6 Å². The Hall–Kier alpha value is -0.790. The molecular formula is C12H15ClO. The summed E-state index contributed by atoms with van der Waals surface area (Å²) >= 11 is 5.76. The molecule has 1 N–H and O–H groups in total. The Balaban J connectivity index is 2.95.